The Kier molecular flexibility index (Phi) is 8.08. The van der Waals surface area contributed by atoms with Crippen LogP contribution in [0.5, 0.6) is 5.75 Å². The zero-order valence-electron chi connectivity index (χ0n) is 20.4. The van der Waals surface area contributed by atoms with Gasteiger partial charge in [0, 0.05) is 18.8 Å². The molecule has 1 saturated carbocycles. The summed E-state index contributed by atoms with van der Waals surface area (Å²) >= 11 is 0. The Morgan fingerprint density at radius 3 is 2.37 bits per heavy atom. The Bertz CT molecular complexity index is 1110. The van der Waals surface area contributed by atoms with Crippen molar-refractivity contribution in [3.63, 3.8) is 0 Å². The van der Waals surface area contributed by atoms with Crippen LogP contribution in [0.1, 0.15) is 29.9 Å². The maximum absolute atomic E-state index is 13.5. The number of carbonyl (C=O) groups excluding carboxylic acids is 2. The van der Waals surface area contributed by atoms with Crippen molar-refractivity contribution in [1.82, 2.24) is 9.80 Å². The summed E-state index contributed by atoms with van der Waals surface area (Å²) < 4.78 is 10.9. The van der Waals surface area contributed by atoms with E-state index in [1.807, 2.05) is 37.3 Å². The number of hydrogen-bond acceptors (Lipinski definition) is 4. The molecule has 0 spiro atoms. The molecule has 1 aliphatic carbocycles. The molecular weight excluding hydrogens is 442 g/mol. The Morgan fingerprint density at radius 2 is 1.74 bits per heavy atom. The molecule has 0 bridgehead atoms. The summed E-state index contributed by atoms with van der Waals surface area (Å²) in [4.78, 5) is 30.0. The fourth-order valence-corrected chi connectivity index (χ4v) is 3.93. The monoisotopic (exact) mass is 475 g/mol. The van der Waals surface area contributed by atoms with E-state index in [1.54, 1.807) is 41.2 Å². The fraction of sp³-hybridized carbons (Fsp3) is 0.357. The van der Waals surface area contributed by atoms with Crippen molar-refractivity contribution >= 4 is 17.6 Å². The molecule has 184 valence electrons. The van der Waals surface area contributed by atoms with E-state index in [9.17, 15) is 9.59 Å². The maximum atomic E-state index is 13.5. The summed E-state index contributed by atoms with van der Waals surface area (Å²) in [5.41, 5.74) is 1.82. The predicted octanol–water partition coefficient (Wildman–Crippen LogP) is 5.11. The normalized spacial score (nSPS) is 12.7. The van der Waals surface area contributed by atoms with Crippen molar-refractivity contribution in [1.29, 1.82) is 0 Å². The number of benzene rings is 2. The number of aryl methyl sites for hydroxylation is 1. The van der Waals surface area contributed by atoms with Gasteiger partial charge < -0.3 is 24.3 Å². The minimum Gasteiger partial charge on any atom is -0.497 e. The van der Waals surface area contributed by atoms with Crippen molar-refractivity contribution in [2.45, 2.75) is 32.7 Å². The minimum atomic E-state index is -0.271. The summed E-state index contributed by atoms with van der Waals surface area (Å²) in [6.45, 7) is 3.39. The molecule has 7 heteroatoms. The van der Waals surface area contributed by atoms with Crippen molar-refractivity contribution in [2.24, 2.45) is 5.92 Å². The summed E-state index contributed by atoms with van der Waals surface area (Å²) in [7, 11) is 1.60. The number of carbonyl (C=O) groups is 2. The van der Waals surface area contributed by atoms with Gasteiger partial charge in [0.1, 0.15) is 23.8 Å². The standard InChI is InChI=1S/C28H33N3O4/c1-21-8-13-26(35-21)19-30(17-16-22-6-4-3-5-7-22)27(32)20-31(18-23-9-10-23)28(33)29-24-11-14-25(34-2)15-12-24/h3-8,11-15,23H,9-10,16-20H2,1-2H3,(H,29,33). The minimum absolute atomic E-state index is 0.0208. The molecule has 3 amide bonds. The molecule has 4 rings (SSSR count). The topological polar surface area (TPSA) is 75.0 Å². The zero-order chi connectivity index (χ0) is 24.6. The molecule has 1 heterocycles. The number of rotatable bonds is 11. The van der Waals surface area contributed by atoms with Gasteiger partial charge in [0.15, 0.2) is 0 Å². The number of nitrogens with zero attached hydrogens (tertiary/aromatic N) is 2. The first kappa shape index (κ1) is 24.4. The SMILES string of the molecule is COc1ccc(NC(=O)N(CC(=O)N(CCc2ccccc2)Cc2ccc(C)o2)CC2CC2)cc1. The van der Waals surface area contributed by atoms with Crippen LogP contribution in [0.3, 0.4) is 0 Å². The second-order valence-corrected chi connectivity index (χ2v) is 9.05. The first-order chi connectivity index (χ1) is 17.0. The van der Waals surface area contributed by atoms with Crippen molar-refractivity contribution in [3.8, 4) is 5.75 Å². The van der Waals surface area contributed by atoms with Crippen LogP contribution >= 0.6 is 0 Å². The van der Waals surface area contributed by atoms with Gasteiger partial charge >= 0.3 is 6.03 Å². The average Bonchev–Trinajstić information content (AvgIpc) is 3.60. The van der Waals surface area contributed by atoms with Gasteiger partial charge in [0.25, 0.3) is 0 Å². The third kappa shape index (κ3) is 7.37. The molecule has 0 aliphatic heterocycles. The van der Waals surface area contributed by atoms with Gasteiger partial charge in [0.05, 0.1) is 13.7 Å². The number of hydrogen-bond donors (Lipinski definition) is 1. The highest BCUT2D eigenvalue weighted by molar-refractivity contribution is 5.92. The van der Waals surface area contributed by atoms with Crippen LogP contribution in [-0.4, -0.2) is 48.5 Å². The van der Waals surface area contributed by atoms with Crippen LogP contribution in [-0.2, 0) is 17.8 Å². The maximum Gasteiger partial charge on any atom is 0.322 e. The van der Waals surface area contributed by atoms with Gasteiger partial charge in [-0.3, -0.25) is 4.79 Å². The smallest absolute Gasteiger partial charge is 0.322 e. The first-order valence-electron chi connectivity index (χ1n) is 12.1. The molecule has 0 atom stereocenters. The Hall–Kier alpha value is -3.74. The number of urea groups is 1. The molecule has 2 aromatic carbocycles. The Balaban J connectivity index is 1.44. The Morgan fingerprint density at radius 1 is 1.00 bits per heavy atom. The van der Waals surface area contributed by atoms with Gasteiger partial charge in [-0.05, 0) is 74.1 Å². The molecule has 1 N–H and O–H groups in total. The van der Waals surface area contributed by atoms with E-state index < -0.39 is 0 Å². The molecule has 0 radical (unpaired) electrons. The summed E-state index contributed by atoms with van der Waals surface area (Å²) in [5, 5.41) is 2.92. The van der Waals surface area contributed by atoms with Crippen molar-refractivity contribution in [2.75, 3.05) is 32.1 Å². The van der Waals surface area contributed by atoms with Crippen molar-refractivity contribution < 1.29 is 18.7 Å². The molecule has 0 saturated heterocycles. The lowest BCUT2D eigenvalue weighted by atomic mass is 10.1. The second kappa shape index (κ2) is 11.6. The third-order valence-corrected chi connectivity index (χ3v) is 6.14. The number of furan rings is 1. The van der Waals surface area contributed by atoms with E-state index in [4.69, 9.17) is 9.15 Å². The lowest BCUT2D eigenvalue weighted by Crippen LogP contribution is -2.45. The van der Waals surface area contributed by atoms with Crippen LogP contribution in [0.2, 0.25) is 0 Å². The second-order valence-electron chi connectivity index (χ2n) is 9.05. The lowest BCUT2D eigenvalue weighted by molar-refractivity contribution is -0.132. The van der Waals surface area contributed by atoms with Gasteiger partial charge in [-0.25, -0.2) is 4.79 Å². The Labute approximate surface area is 206 Å². The van der Waals surface area contributed by atoms with E-state index in [-0.39, 0.29) is 18.5 Å². The van der Waals surface area contributed by atoms with Crippen LogP contribution in [0.15, 0.2) is 71.1 Å². The summed E-state index contributed by atoms with van der Waals surface area (Å²) in [5.74, 6) is 2.62. The van der Waals surface area contributed by atoms with Gasteiger partial charge in [-0.1, -0.05) is 30.3 Å². The van der Waals surface area contributed by atoms with E-state index in [0.717, 1.165) is 42.1 Å². The molecule has 3 aromatic rings. The van der Waals surface area contributed by atoms with E-state index in [0.29, 0.717) is 31.2 Å². The predicted molar refractivity (Wildman–Crippen MR) is 135 cm³/mol. The number of nitrogens with one attached hydrogen (secondary N) is 1. The molecule has 7 nitrogen and oxygen atoms in total. The summed E-state index contributed by atoms with van der Waals surface area (Å²) in [6.07, 6.45) is 2.90. The zero-order valence-corrected chi connectivity index (χ0v) is 20.4. The molecular formula is C28H33N3O4. The third-order valence-electron chi connectivity index (χ3n) is 6.14. The van der Waals surface area contributed by atoms with Gasteiger partial charge in [0.2, 0.25) is 5.91 Å². The number of ether oxygens (including phenoxy) is 1. The van der Waals surface area contributed by atoms with Crippen LogP contribution in [0.25, 0.3) is 0 Å². The van der Waals surface area contributed by atoms with Crippen LogP contribution in [0, 0.1) is 12.8 Å². The van der Waals surface area contributed by atoms with E-state index in [2.05, 4.69) is 17.4 Å². The quantitative estimate of drug-likeness (QED) is 0.418. The van der Waals surface area contributed by atoms with Crippen molar-refractivity contribution in [3.05, 3.63) is 83.8 Å². The fourth-order valence-electron chi connectivity index (χ4n) is 3.93. The van der Waals surface area contributed by atoms with Gasteiger partial charge in [-0.15, -0.1) is 0 Å². The number of amides is 3. The van der Waals surface area contributed by atoms with E-state index >= 15 is 0 Å². The molecule has 1 fully saturated rings. The first-order valence-corrected chi connectivity index (χ1v) is 12.1. The summed E-state index contributed by atoms with van der Waals surface area (Å²) in [6, 6.07) is 20.8. The average molecular weight is 476 g/mol. The number of methoxy groups -OCH3 is 1. The van der Waals surface area contributed by atoms with Gasteiger partial charge in [-0.2, -0.15) is 0 Å². The molecule has 0 unspecified atom stereocenters. The molecule has 1 aromatic heterocycles. The molecule has 1 aliphatic rings. The largest absolute Gasteiger partial charge is 0.497 e. The highest BCUT2D eigenvalue weighted by Crippen LogP contribution is 2.30. The number of anilines is 1. The van der Waals surface area contributed by atoms with E-state index in [1.165, 1.54) is 0 Å². The van der Waals surface area contributed by atoms with Crippen LogP contribution < -0.4 is 10.1 Å². The highest BCUT2D eigenvalue weighted by atomic mass is 16.5. The lowest BCUT2D eigenvalue weighted by Gasteiger charge is -2.27. The van der Waals surface area contributed by atoms with Crippen LogP contribution in [0.4, 0.5) is 10.5 Å². The highest BCUT2D eigenvalue weighted by Gasteiger charge is 2.29. The molecule has 35 heavy (non-hydrogen) atoms.